The van der Waals surface area contributed by atoms with Gasteiger partial charge in [-0.25, -0.2) is 0 Å². The zero-order valence-corrected chi connectivity index (χ0v) is 8.10. The predicted molar refractivity (Wildman–Crippen MR) is 53.6 cm³/mol. The molecule has 1 amide bonds. The van der Waals surface area contributed by atoms with Gasteiger partial charge in [0.1, 0.15) is 0 Å². The first-order valence-corrected chi connectivity index (χ1v) is 4.38. The molecule has 1 rings (SSSR count). The largest absolute Gasteiger partial charge is 0.326 e. The van der Waals surface area contributed by atoms with E-state index in [1.54, 1.807) is 0 Å². The second-order valence-electron chi connectivity index (χ2n) is 2.94. The number of hydrogen-bond donors (Lipinski definition) is 1. The number of rotatable bonds is 3. The molecule has 0 heterocycles. The van der Waals surface area contributed by atoms with Crippen molar-refractivity contribution >= 4 is 5.91 Å². The Kier molecular flexibility index (Phi) is 3.94. The lowest BCUT2D eigenvalue weighted by Crippen LogP contribution is -1.96. The van der Waals surface area contributed by atoms with Gasteiger partial charge in [-0.05, 0) is 11.1 Å². The average molecular weight is 191 g/mol. The molecule has 0 unspecified atom stereocenters. The molecule has 0 aliphatic heterocycles. The summed E-state index contributed by atoms with van der Waals surface area (Å²) in [6.45, 7) is 2.31. The minimum Gasteiger partial charge on any atom is -0.326 e. The molecule has 0 aromatic heterocycles. The van der Waals surface area contributed by atoms with Crippen LogP contribution in [-0.2, 0) is 17.9 Å². The van der Waals surface area contributed by atoms with Crippen molar-refractivity contribution < 1.29 is 4.79 Å². The van der Waals surface area contributed by atoms with Gasteiger partial charge in [-0.1, -0.05) is 24.3 Å². The Morgan fingerprint density at radius 2 is 2.14 bits per heavy atom. The quantitative estimate of drug-likeness (QED) is 0.738. The van der Waals surface area contributed by atoms with Gasteiger partial charge in [0.2, 0.25) is 0 Å². The zero-order chi connectivity index (χ0) is 10.4. The van der Waals surface area contributed by atoms with Crippen molar-refractivity contribution in [1.29, 1.82) is 0 Å². The lowest BCUT2D eigenvalue weighted by molar-refractivity contribution is -0.116. The first-order chi connectivity index (χ1) is 6.72. The van der Waals surface area contributed by atoms with Crippen LogP contribution in [-0.4, -0.2) is 5.91 Å². The summed E-state index contributed by atoms with van der Waals surface area (Å²) in [6.07, 6.45) is 0. The molecule has 1 aromatic rings. The molecule has 4 heteroatoms. The minimum atomic E-state index is -0.278. The predicted octanol–water partition coefficient (Wildman–Crippen LogP) is 1.64. The Balaban J connectivity index is 2.63. The molecule has 0 spiro atoms. The Bertz CT molecular complexity index is 347. The van der Waals surface area contributed by atoms with Crippen molar-refractivity contribution in [2.75, 3.05) is 0 Å². The summed E-state index contributed by atoms with van der Waals surface area (Å²) >= 11 is 0. The Morgan fingerprint density at radius 1 is 1.43 bits per heavy atom. The molecule has 0 aliphatic rings. The van der Waals surface area contributed by atoms with Gasteiger partial charge in [-0.2, -0.15) is 5.11 Å². The smallest absolute Gasteiger partial charge is 0.261 e. The third kappa shape index (κ3) is 3.45. The maximum absolute atomic E-state index is 10.5. The third-order valence-electron chi connectivity index (χ3n) is 1.69. The highest BCUT2D eigenvalue weighted by atomic mass is 16.1. The SMILES string of the molecule is CC(=O)N=NCc1cccc(CN)c1. The summed E-state index contributed by atoms with van der Waals surface area (Å²) in [5.74, 6) is -0.278. The summed E-state index contributed by atoms with van der Waals surface area (Å²) in [7, 11) is 0. The second kappa shape index (κ2) is 5.24. The van der Waals surface area contributed by atoms with E-state index in [0.29, 0.717) is 13.1 Å². The molecule has 74 valence electrons. The monoisotopic (exact) mass is 191 g/mol. The van der Waals surface area contributed by atoms with E-state index in [1.807, 2.05) is 24.3 Å². The number of hydrogen-bond acceptors (Lipinski definition) is 3. The number of carbonyl (C=O) groups excluding carboxylic acids is 1. The normalized spacial score (nSPS) is 10.7. The van der Waals surface area contributed by atoms with Crippen LogP contribution >= 0.6 is 0 Å². The van der Waals surface area contributed by atoms with Gasteiger partial charge in [0.05, 0.1) is 6.54 Å². The number of azo groups is 1. The van der Waals surface area contributed by atoms with Crippen LogP contribution in [0.25, 0.3) is 0 Å². The number of amides is 1. The van der Waals surface area contributed by atoms with Gasteiger partial charge >= 0.3 is 0 Å². The number of nitrogens with two attached hydrogens (primary N) is 1. The minimum absolute atomic E-state index is 0.278. The average Bonchev–Trinajstić information content (AvgIpc) is 2.18. The molecule has 0 bridgehead atoms. The van der Waals surface area contributed by atoms with Crippen LogP contribution in [0.15, 0.2) is 34.5 Å². The maximum atomic E-state index is 10.5. The van der Waals surface area contributed by atoms with E-state index in [1.165, 1.54) is 6.92 Å². The highest BCUT2D eigenvalue weighted by Gasteiger charge is 1.93. The fraction of sp³-hybridized carbons (Fsp3) is 0.300. The van der Waals surface area contributed by atoms with Gasteiger partial charge in [0, 0.05) is 13.5 Å². The van der Waals surface area contributed by atoms with Gasteiger partial charge in [0.25, 0.3) is 5.91 Å². The van der Waals surface area contributed by atoms with E-state index in [4.69, 9.17) is 5.73 Å². The van der Waals surface area contributed by atoms with Crippen LogP contribution in [0.5, 0.6) is 0 Å². The van der Waals surface area contributed by atoms with E-state index < -0.39 is 0 Å². The summed E-state index contributed by atoms with van der Waals surface area (Å²) in [4.78, 5) is 10.5. The van der Waals surface area contributed by atoms with Gasteiger partial charge < -0.3 is 5.73 Å². The van der Waals surface area contributed by atoms with E-state index in [9.17, 15) is 4.79 Å². The molecular formula is C10H13N3O. The van der Waals surface area contributed by atoms with Crippen LogP contribution in [0, 0.1) is 0 Å². The van der Waals surface area contributed by atoms with E-state index in [-0.39, 0.29) is 5.91 Å². The molecule has 0 aliphatic carbocycles. The Hall–Kier alpha value is -1.55. The van der Waals surface area contributed by atoms with Crippen molar-refractivity contribution in [2.45, 2.75) is 20.0 Å². The van der Waals surface area contributed by atoms with Gasteiger partial charge in [0.15, 0.2) is 0 Å². The van der Waals surface area contributed by atoms with E-state index in [2.05, 4.69) is 10.2 Å². The summed E-state index contributed by atoms with van der Waals surface area (Å²) in [6, 6.07) is 7.75. The van der Waals surface area contributed by atoms with Crippen LogP contribution in [0.2, 0.25) is 0 Å². The van der Waals surface area contributed by atoms with Gasteiger partial charge in [-0.15, -0.1) is 5.11 Å². The molecule has 2 N–H and O–H groups in total. The second-order valence-corrected chi connectivity index (χ2v) is 2.94. The topological polar surface area (TPSA) is 67.8 Å². The molecule has 0 fully saturated rings. The van der Waals surface area contributed by atoms with Crippen molar-refractivity contribution in [3.05, 3.63) is 35.4 Å². The Labute approximate surface area is 82.8 Å². The molecule has 0 atom stereocenters. The number of nitrogens with zero attached hydrogens (tertiary/aromatic N) is 2. The van der Waals surface area contributed by atoms with E-state index >= 15 is 0 Å². The fourth-order valence-corrected chi connectivity index (χ4v) is 1.07. The lowest BCUT2D eigenvalue weighted by atomic mass is 10.1. The van der Waals surface area contributed by atoms with Crippen molar-refractivity contribution in [3.8, 4) is 0 Å². The highest BCUT2D eigenvalue weighted by Crippen LogP contribution is 2.05. The van der Waals surface area contributed by atoms with Crippen molar-refractivity contribution in [3.63, 3.8) is 0 Å². The molecule has 14 heavy (non-hydrogen) atoms. The first-order valence-electron chi connectivity index (χ1n) is 4.38. The zero-order valence-electron chi connectivity index (χ0n) is 8.10. The lowest BCUT2D eigenvalue weighted by Gasteiger charge is -1.98. The molecule has 0 saturated carbocycles. The van der Waals surface area contributed by atoms with Crippen LogP contribution in [0.3, 0.4) is 0 Å². The van der Waals surface area contributed by atoms with Crippen molar-refractivity contribution in [1.82, 2.24) is 0 Å². The summed E-state index contributed by atoms with van der Waals surface area (Å²) in [5, 5.41) is 7.18. The van der Waals surface area contributed by atoms with Crippen molar-refractivity contribution in [2.24, 2.45) is 16.0 Å². The standard InChI is InChI=1S/C10H13N3O/c1-8(14)13-12-7-10-4-2-3-9(5-10)6-11/h2-5H,6-7,11H2,1H3. The van der Waals surface area contributed by atoms with Gasteiger partial charge in [-0.3, -0.25) is 4.79 Å². The highest BCUT2D eigenvalue weighted by molar-refractivity contribution is 5.73. The number of benzene rings is 1. The molecular weight excluding hydrogens is 178 g/mol. The first kappa shape index (κ1) is 10.5. The van der Waals surface area contributed by atoms with E-state index in [0.717, 1.165) is 11.1 Å². The molecule has 0 radical (unpaired) electrons. The van der Waals surface area contributed by atoms with Crippen LogP contribution < -0.4 is 5.73 Å². The van der Waals surface area contributed by atoms with Crippen LogP contribution in [0.4, 0.5) is 0 Å². The Morgan fingerprint density at radius 3 is 2.79 bits per heavy atom. The summed E-state index contributed by atoms with van der Waals surface area (Å²) in [5.41, 5.74) is 7.56. The molecule has 1 aromatic carbocycles. The fourth-order valence-electron chi connectivity index (χ4n) is 1.07. The molecule has 4 nitrogen and oxygen atoms in total. The number of carbonyl (C=O) groups is 1. The molecule has 0 saturated heterocycles. The van der Waals surface area contributed by atoms with Crippen LogP contribution in [0.1, 0.15) is 18.1 Å². The summed E-state index contributed by atoms with van der Waals surface area (Å²) < 4.78 is 0. The maximum Gasteiger partial charge on any atom is 0.261 e. The third-order valence-corrected chi connectivity index (χ3v) is 1.69.